The molecule has 0 spiro atoms. The number of carbonyl (C=O) groups excluding carboxylic acids is 2. The maximum atomic E-state index is 13.4. The molecule has 0 bridgehead atoms. The van der Waals surface area contributed by atoms with E-state index in [1.165, 1.54) is 16.2 Å². The fourth-order valence-electron chi connectivity index (χ4n) is 3.67. The summed E-state index contributed by atoms with van der Waals surface area (Å²) in [6.45, 7) is 3.84. The smallest absolute Gasteiger partial charge is 0.282 e. The standard InChI is InChI=1S/C21H22N2O3S/c1-14-8-10-22(11-9-14)19-18(17-7-4-12-27-17)20(24)23(21(19)25)15-5-3-6-16(13-15)26-2/h3-7,12-14H,8-11H2,1-2H3. The molecule has 1 fully saturated rings. The summed E-state index contributed by atoms with van der Waals surface area (Å²) in [5, 5.41) is 1.93. The molecular formula is C21H22N2O3S. The van der Waals surface area contributed by atoms with Crippen LogP contribution in [0.4, 0.5) is 5.69 Å². The normalized spacial score (nSPS) is 18.6. The molecule has 1 saturated heterocycles. The lowest BCUT2D eigenvalue weighted by molar-refractivity contribution is -0.120. The molecule has 0 N–H and O–H groups in total. The van der Waals surface area contributed by atoms with Crippen LogP contribution < -0.4 is 9.64 Å². The number of methoxy groups -OCH3 is 1. The van der Waals surface area contributed by atoms with E-state index in [-0.39, 0.29) is 11.8 Å². The Balaban J connectivity index is 1.77. The molecule has 5 nitrogen and oxygen atoms in total. The summed E-state index contributed by atoms with van der Waals surface area (Å²) in [5.74, 6) is 0.760. The summed E-state index contributed by atoms with van der Waals surface area (Å²) in [4.78, 5) is 30.9. The van der Waals surface area contributed by atoms with Gasteiger partial charge in [0.15, 0.2) is 0 Å². The van der Waals surface area contributed by atoms with Gasteiger partial charge in [0.1, 0.15) is 11.4 Å². The molecule has 0 unspecified atom stereocenters. The molecule has 2 aliphatic heterocycles. The first-order valence-corrected chi connectivity index (χ1v) is 10.0. The summed E-state index contributed by atoms with van der Waals surface area (Å²) in [6.07, 6.45) is 2.06. The number of hydrogen-bond acceptors (Lipinski definition) is 5. The number of ether oxygens (including phenoxy) is 1. The van der Waals surface area contributed by atoms with E-state index in [0.717, 1.165) is 30.8 Å². The number of likely N-dealkylation sites (tertiary alicyclic amines) is 1. The quantitative estimate of drug-likeness (QED) is 0.756. The number of thiophene rings is 1. The van der Waals surface area contributed by atoms with Crippen LogP contribution in [0.15, 0.2) is 47.5 Å². The molecule has 2 amide bonds. The lowest BCUT2D eigenvalue weighted by atomic mass is 9.98. The second kappa shape index (κ2) is 7.19. The predicted molar refractivity (Wildman–Crippen MR) is 107 cm³/mol. The molecule has 1 aromatic carbocycles. The third-order valence-corrected chi connectivity index (χ3v) is 6.13. The van der Waals surface area contributed by atoms with Crippen LogP contribution in [-0.2, 0) is 9.59 Å². The molecule has 27 heavy (non-hydrogen) atoms. The van der Waals surface area contributed by atoms with Gasteiger partial charge in [-0.25, -0.2) is 4.90 Å². The number of hydrogen-bond donors (Lipinski definition) is 0. The van der Waals surface area contributed by atoms with Gasteiger partial charge in [0.05, 0.1) is 18.4 Å². The van der Waals surface area contributed by atoms with E-state index in [9.17, 15) is 9.59 Å². The largest absolute Gasteiger partial charge is 0.497 e. The summed E-state index contributed by atoms with van der Waals surface area (Å²) >= 11 is 1.49. The number of amides is 2. The van der Waals surface area contributed by atoms with Crippen LogP contribution in [0.25, 0.3) is 5.57 Å². The highest BCUT2D eigenvalue weighted by atomic mass is 32.1. The Hall–Kier alpha value is -2.60. The van der Waals surface area contributed by atoms with Gasteiger partial charge in [-0.1, -0.05) is 19.1 Å². The van der Waals surface area contributed by atoms with E-state index in [1.54, 1.807) is 31.4 Å². The summed E-state index contributed by atoms with van der Waals surface area (Å²) < 4.78 is 5.27. The van der Waals surface area contributed by atoms with Crippen molar-refractivity contribution >= 4 is 34.4 Å². The van der Waals surface area contributed by atoms with Crippen molar-refractivity contribution in [1.29, 1.82) is 0 Å². The molecule has 0 saturated carbocycles. The molecule has 1 aromatic heterocycles. The lowest BCUT2D eigenvalue weighted by Gasteiger charge is -2.32. The van der Waals surface area contributed by atoms with Gasteiger partial charge in [-0.15, -0.1) is 11.3 Å². The summed E-state index contributed by atoms with van der Waals surface area (Å²) in [7, 11) is 1.57. The van der Waals surface area contributed by atoms with Gasteiger partial charge in [-0.2, -0.15) is 0 Å². The molecule has 2 aromatic rings. The van der Waals surface area contributed by atoms with Crippen molar-refractivity contribution < 1.29 is 14.3 Å². The third-order valence-electron chi connectivity index (χ3n) is 5.24. The molecule has 3 heterocycles. The van der Waals surface area contributed by atoms with Gasteiger partial charge in [0.2, 0.25) is 0 Å². The molecule has 140 valence electrons. The Morgan fingerprint density at radius 1 is 1.07 bits per heavy atom. The van der Waals surface area contributed by atoms with E-state index in [0.29, 0.717) is 28.6 Å². The molecule has 0 atom stereocenters. The van der Waals surface area contributed by atoms with Crippen molar-refractivity contribution in [3.8, 4) is 5.75 Å². The highest BCUT2D eigenvalue weighted by Gasteiger charge is 2.43. The van der Waals surface area contributed by atoms with Crippen molar-refractivity contribution in [3.63, 3.8) is 0 Å². The van der Waals surface area contributed by atoms with Crippen molar-refractivity contribution in [2.45, 2.75) is 19.8 Å². The Morgan fingerprint density at radius 2 is 1.85 bits per heavy atom. The Bertz CT molecular complexity index is 896. The fraction of sp³-hybridized carbons (Fsp3) is 0.333. The Kier molecular flexibility index (Phi) is 4.74. The zero-order chi connectivity index (χ0) is 19.0. The third kappa shape index (κ3) is 3.14. The lowest BCUT2D eigenvalue weighted by Crippen LogP contribution is -2.38. The van der Waals surface area contributed by atoms with Crippen LogP contribution in [0.5, 0.6) is 5.75 Å². The maximum absolute atomic E-state index is 13.4. The monoisotopic (exact) mass is 382 g/mol. The van der Waals surface area contributed by atoms with Crippen LogP contribution >= 0.6 is 11.3 Å². The van der Waals surface area contributed by atoms with E-state index < -0.39 is 0 Å². The summed E-state index contributed by atoms with van der Waals surface area (Å²) in [5.41, 5.74) is 1.60. The van der Waals surface area contributed by atoms with Crippen LogP contribution in [-0.4, -0.2) is 36.9 Å². The topological polar surface area (TPSA) is 49.9 Å². The molecule has 0 radical (unpaired) electrons. The molecule has 0 aliphatic carbocycles. The van der Waals surface area contributed by atoms with E-state index in [1.807, 2.05) is 17.5 Å². The summed E-state index contributed by atoms with van der Waals surface area (Å²) in [6, 6.07) is 10.9. The molecular weight excluding hydrogens is 360 g/mol. The second-order valence-electron chi connectivity index (χ2n) is 7.02. The second-order valence-corrected chi connectivity index (χ2v) is 7.97. The van der Waals surface area contributed by atoms with Crippen molar-refractivity contribution in [3.05, 3.63) is 52.4 Å². The minimum Gasteiger partial charge on any atom is -0.497 e. The van der Waals surface area contributed by atoms with E-state index in [4.69, 9.17) is 4.74 Å². The first-order chi connectivity index (χ1) is 13.1. The number of carbonyl (C=O) groups is 2. The van der Waals surface area contributed by atoms with Crippen molar-refractivity contribution in [1.82, 2.24) is 4.90 Å². The Morgan fingerprint density at radius 3 is 2.52 bits per heavy atom. The molecule has 4 rings (SSSR count). The van der Waals surface area contributed by atoms with Crippen LogP contribution in [0, 0.1) is 5.92 Å². The highest BCUT2D eigenvalue weighted by molar-refractivity contribution is 7.11. The van der Waals surface area contributed by atoms with Gasteiger partial charge >= 0.3 is 0 Å². The van der Waals surface area contributed by atoms with Crippen LogP contribution in [0.1, 0.15) is 24.6 Å². The fourth-order valence-corrected chi connectivity index (χ4v) is 4.43. The first-order valence-electron chi connectivity index (χ1n) is 9.16. The number of anilines is 1. The minimum atomic E-state index is -0.260. The number of rotatable bonds is 4. The van der Waals surface area contributed by atoms with Gasteiger partial charge < -0.3 is 9.64 Å². The number of benzene rings is 1. The zero-order valence-electron chi connectivity index (χ0n) is 15.5. The predicted octanol–water partition coefficient (Wildman–Crippen LogP) is 3.77. The number of piperidine rings is 1. The number of nitrogens with zero attached hydrogens (tertiary/aromatic N) is 2. The maximum Gasteiger partial charge on any atom is 0.282 e. The van der Waals surface area contributed by atoms with Crippen molar-refractivity contribution in [2.24, 2.45) is 5.92 Å². The van der Waals surface area contributed by atoms with Gasteiger partial charge in [0, 0.05) is 24.0 Å². The zero-order valence-corrected chi connectivity index (χ0v) is 16.3. The average molecular weight is 382 g/mol. The highest BCUT2D eigenvalue weighted by Crippen LogP contribution is 2.38. The minimum absolute atomic E-state index is 0.244. The van der Waals surface area contributed by atoms with E-state index in [2.05, 4.69) is 11.8 Å². The van der Waals surface area contributed by atoms with Crippen LogP contribution in [0.3, 0.4) is 0 Å². The Labute approximate surface area is 162 Å². The van der Waals surface area contributed by atoms with E-state index >= 15 is 0 Å². The number of imide groups is 1. The average Bonchev–Trinajstić information content (AvgIpc) is 3.29. The van der Waals surface area contributed by atoms with Gasteiger partial charge in [-0.3, -0.25) is 9.59 Å². The molecule has 6 heteroatoms. The SMILES string of the molecule is COc1cccc(N2C(=O)C(c3cccs3)=C(N3CCC(C)CC3)C2=O)c1. The first kappa shape index (κ1) is 17.8. The molecule has 2 aliphatic rings. The van der Waals surface area contributed by atoms with Gasteiger partial charge in [-0.05, 0) is 42.3 Å². The van der Waals surface area contributed by atoms with Gasteiger partial charge in [0.25, 0.3) is 11.8 Å². The van der Waals surface area contributed by atoms with Crippen LogP contribution in [0.2, 0.25) is 0 Å². The van der Waals surface area contributed by atoms with Crippen molar-refractivity contribution in [2.75, 3.05) is 25.1 Å².